The summed E-state index contributed by atoms with van der Waals surface area (Å²) in [5.41, 5.74) is 0. The molecule has 0 aromatic heterocycles. The molecule has 0 N–H and O–H groups in total. The molecule has 0 unspecified atom stereocenters. The van der Waals surface area contributed by atoms with Crippen molar-refractivity contribution in [1.82, 2.24) is 9.80 Å². The van der Waals surface area contributed by atoms with Gasteiger partial charge in [-0.2, -0.15) is 0 Å². The van der Waals surface area contributed by atoms with E-state index in [1.165, 1.54) is 19.4 Å². The van der Waals surface area contributed by atoms with Crippen molar-refractivity contribution in [3.63, 3.8) is 0 Å². The first-order valence-electron chi connectivity index (χ1n) is 4.97. The van der Waals surface area contributed by atoms with E-state index in [4.69, 9.17) is 0 Å². The average Bonchev–Trinajstić information content (AvgIpc) is 2.42. The van der Waals surface area contributed by atoms with E-state index in [2.05, 4.69) is 36.2 Å². The second-order valence-corrected chi connectivity index (χ2v) is 5.74. The Labute approximate surface area is 125 Å². The zero-order chi connectivity index (χ0) is 13.8. The molecule has 0 atom stereocenters. The van der Waals surface area contributed by atoms with E-state index in [1.54, 1.807) is 0 Å². The Bertz CT molecular complexity index is 265. The number of hydrogen-bond donors (Lipinski definition) is 0. The molecule has 0 amide bonds. The maximum absolute atomic E-state index is 10.7. The number of hydrogen-bond acceptors (Lipinski definition) is 2. The van der Waals surface area contributed by atoms with Crippen molar-refractivity contribution >= 4 is 7.81 Å². The minimum absolute atomic E-state index is 0. The SMILES string of the molecule is CCCCN1C=CN(C)C1.F[P-](F)(F)(F)(F)F.[Na+]. The maximum atomic E-state index is 9.87. The Morgan fingerprint density at radius 3 is 1.78 bits per heavy atom. The number of unbranched alkanes of at least 4 members (excludes halogenated alkanes) is 1. The average molecular weight is 308 g/mol. The van der Waals surface area contributed by atoms with E-state index < -0.39 is 7.81 Å². The summed E-state index contributed by atoms with van der Waals surface area (Å²) < 4.78 is 59.2. The first-order valence-corrected chi connectivity index (χ1v) is 7.00. The Kier molecular flexibility index (Phi) is 7.12. The van der Waals surface area contributed by atoms with Crippen LogP contribution in [0.15, 0.2) is 12.4 Å². The van der Waals surface area contributed by atoms with Gasteiger partial charge in [-0.3, -0.25) is 0 Å². The van der Waals surface area contributed by atoms with Crippen molar-refractivity contribution in [3.05, 3.63) is 12.4 Å². The summed E-state index contributed by atoms with van der Waals surface area (Å²) in [6.45, 7) is 4.50. The molecule has 1 rings (SSSR count). The van der Waals surface area contributed by atoms with Gasteiger partial charge in [-0.1, -0.05) is 13.3 Å². The fourth-order valence-electron chi connectivity index (χ4n) is 1.10. The molecular formula is C8H16F6N2NaP. The molecule has 1 aliphatic heterocycles. The normalized spacial score (nSPS) is 18.4. The summed E-state index contributed by atoms with van der Waals surface area (Å²) in [6.07, 6.45) is 6.87. The summed E-state index contributed by atoms with van der Waals surface area (Å²) in [5.74, 6) is 0. The van der Waals surface area contributed by atoms with E-state index in [9.17, 15) is 25.2 Å². The van der Waals surface area contributed by atoms with Crippen LogP contribution in [0.3, 0.4) is 0 Å². The predicted molar refractivity (Wildman–Crippen MR) is 57.0 cm³/mol. The third kappa shape index (κ3) is 21.6. The quantitative estimate of drug-likeness (QED) is 0.446. The van der Waals surface area contributed by atoms with Crippen LogP contribution >= 0.6 is 7.81 Å². The molecule has 18 heavy (non-hydrogen) atoms. The molecule has 0 aromatic carbocycles. The third-order valence-corrected chi connectivity index (χ3v) is 1.74. The Morgan fingerprint density at radius 2 is 1.50 bits per heavy atom. The van der Waals surface area contributed by atoms with Gasteiger partial charge in [0, 0.05) is 26.0 Å². The molecule has 1 aliphatic rings. The van der Waals surface area contributed by atoms with E-state index in [0.717, 1.165) is 6.67 Å². The van der Waals surface area contributed by atoms with Gasteiger partial charge in [0.05, 0.1) is 6.67 Å². The second kappa shape index (κ2) is 6.20. The molecule has 0 radical (unpaired) electrons. The van der Waals surface area contributed by atoms with E-state index in [0.29, 0.717) is 0 Å². The van der Waals surface area contributed by atoms with Crippen molar-refractivity contribution in [2.24, 2.45) is 0 Å². The van der Waals surface area contributed by atoms with Gasteiger partial charge in [0.25, 0.3) is 0 Å². The summed E-state index contributed by atoms with van der Waals surface area (Å²) in [4.78, 5) is 4.53. The molecular weight excluding hydrogens is 292 g/mol. The molecule has 1 heterocycles. The molecule has 0 fully saturated rings. The fourth-order valence-corrected chi connectivity index (χ4v) is 1.10. The Morgan fingerprint density at radius 1 is 1.06 bits per heavy atom. The van der Waals surface area contributed by atoms with Gasteiger partial charge in [-0.05, 0) is 6.42 Å². The summed E-state index contributed by atoms with van der Waals surface area (Å²) in [6, 6.07) is 0. The molecule has 0 aromatic rings. The molecule has 10 heteroatoms. The van der Waals surface area contributed by atoms with Crippen molar-refractivity contribution in [1.29, 1.82) is 0 Å². The van der Waals surface area contributed by atoms with Gasteiger partial charge in [0.15, 0.2) is 0 Å². The van der Waals surface area contributed by atoms with Crippen LogP contribution in [0.1, 0.15) is 19.8 Å². The largest absolute Gasteiger partial charge is 1.00 e. The molecule has 0 aliphatic carbocycles. The van der Waals surface area contributed by atoms with Crippen LogP contribution in [0.4, 0.5) is 25.2 Å². The van der Waals surface area contributed by atoms with Crippen LogP contribution in [0.2, 0.25) is 0 Å². The molecule has 2 nitrogen and oxygen atoms in total. The van der Waals surface area contributed by atoms with Crippen molar-refractivity contribution in [2.75, 3.05) is 20.3 Å². The van der Waals surface area contributed by atoms with Crippen molar-refractivity contribution in [3.8, 4) is 0 Å². The number of rotatable bonds is 3. The first-order chi connectivity index (χ1) is 7.28. The van der Waals surface area contributed by atoms with Crippen LogP contribution < -0.4 is 29.6 Å². The van der Waals surface area contributed by atoms with Gasteiger partial charge >= 0.3 is 62.5 Å². The maximum Gasteiger partial charge on any atom is 1.00 e. The predicted octanol–water partition coefficient (Wildman–Crippen LogP) is 1.85. The summed E-state index contributed by atoms with van der Waals surface area (Å²) in [7, 11) is -8.56. The monoisotopic (exact) mass is 308 g/mol. The van der Waals surface area contributed by atoms with Gasteiger partial charge in [0.1, 0.15) is 0 Å². The standard InChI is InChI=1S/C8H16N2.F6P.Na/c1-3-4-5-10-7-6-9(2)8-10;1-7(2,3,4,5)6;/h6-7H,3-5,8H2,1-2H3;;/q;-1;+1. The zero-order valence-corrected chi connectivity index (χ0v) is 13.5. The first kappa shape index (κ1) is 20.7. The zero-order valence-electron chi connectivity index (χ0n) is 10.6. The molecule has 0 spiro atoms. The molecule has 0 saturated heterocycles. The van der Waals surface area contributed by atoms with Gasteiger partial charge in [-0.25, -0.2) is 0 Å². The third-order valence-electron chi connectivity index (χ3n) is 1.74. The molecule has 0 saturated carbocycles. The van der Waals surface area contributed by atoms with E-state index >= 15 is 0 Å². The van der Waals surface area contributed by atoms with Gasteiger partial charge in [-0.15, -0.1) is 0 Å². The topological polar surface area (TPSA) is 6.48 Å². The number of halogens is 6. The van der Waals surface area contributed by atoms with Crippen molar-refractivity contribution in [2.45, 2.75) is 19.8 Å². The molecule has 0 bridgehead atoms. The molecule has 106 valence electrons. The van der Waals surface area contributed by atoms with Crippen molar-refractivity contribution < 1.29 is 54.7 Å². The van der Waals surface area contributed by atoms with Gasteiger partial charge < -0.3 is 9.80 Å². The Hall–Kier alpha value is 0.350. The summed E-state index contributed by atoms with van der Waals surface area (Å²) in [5, 5.41) is 0. The van der Waals surface area contributed by atoms with Gasteiger partial charge in [0.2, 0.25) is 0 Å². The van der Waals surface area contributed by atoms with Crippen LogP contribution in [0.5, 0.6) is 0 Å². The van der Waals surface area contributed by atoms with E-state index in [-0.39, 0.29) is 29.6 Å². The second-order valence-electron chi connectivity index (χ2n) is 3.82. The minimum Gasteiger partial charge on any atom is 1.00 e. The van der Waals surface area contributed by atoms with Crippen LogP contribution in [-0.2, 0) is 0 Å². The minimum atomic E-state index is -10.7. The van der Waals surface area contributed by atoms with Crippen LogP contribution in [0.25, 0.3) is 0 Å². The summed E-state index contributed by atoms with van der Waals surface area (Å²) >= 11 is 0. The Balaban J connectivity index is 0. The smallest absolute Gasteiger partial charge is 1.00 e. The van der Waals surface area contributed by atoms with Crippen LogP contribution in [0, 0.1) is 0 Å². The van der Waals surface area contributed by atoms with Crippen LogP contribution in [-0.4, -0.2) is 30.1 Å². The van der Waals surface area contributed by atoms with E-state index in [1.807, 2.05) is 0 Å². The number of nitrogens with zero attached hydrogens (tertiary/aromatic N) is 2. The fraction of sp³-hybridized carbons (Fsp3) is 0.750.